The van der Waals surface area contributed by atoms with E-state index in [1.165, 1.54) is 0 Å². The fourth-order valence-corrected chi connectivity index (χ4v) is 2.01. The summed E-state index contributed by atoms with van der Waals surface area (Å²) in [6.45, 7) is 5.41. The first-order chi connectivity index (χ1) is 8.59. The van der Waals surface area contributed by atoms with Crippen LogP contribution in [0, 0.1) is 0 Å². The summed E-state index contributed by atoms with van der Waals surface area (Å²) in [5.41, 5.74) is 2.20. The molecule has 100 valence electrons. The molecule has 0 spiro atoms. The first-order valence-corrected chi connectivity index (χ1v) is 6.34. The maximum absolute atomic E-state index is 8.84. The molecule has 2 N–H and O–H groups in total. The van der Waals surface area contributed by atoms with Crippen LogP contribution in [0.4, 0.5) is 5.69 Å². The summed E-state index contributed by atoms with van der Waals surface area (Å²) in [7, 11) is 0. The minimum absolute atomic E-state index is 0.0946. The van der Waals surface area contributed by atoms with Gasteiger partial charge in [-0.15, -0.1) is 0 Å². The quantitative estimate of drug-likeness (QED) is 0.837. The molecule has 1 aliphatic heterocycles. The average molecular weight is 251 g/mol. The van der Waals surface area contributed by atoms with Gasteiger partial charge in [-0.2, -0.15) is 0 Å². The van der Waals surface area contributed by atoms with Crippen molar-refractivity contribution >= 4 is 5.69 Å². The second-order valence-electron chi connectivity index (χ2n) is 5.00. The summed E-state index contributed by atoms with van der Waals surface area (Å²) < 4.78 is 11.2. The smallest absolute Gasteiger partial charge is 0.163 e. The summed E-state index contributed by atoms with van der Waals surface area (Å²) in [5.74, 6) is -0.461. The second-order valence-corrected chi connectivity index (χ2v) is 5.00. The largest absolute Gasteiger partial charge is 0.396 e. The molecule has 1 atom stereocenters. The molecule has 1 aliphatic rings. The zero-order valence-corrected chi connectivity index (χ0v) is 11.0. The van der Waals surface area contributed by atoms with Crippen LogP contribution in [0.25, 0.3) is 0 Å². The average Bonchev–Trinajstić information content (AvgIpc) is 2.69. The lowest BCUT2D eigenvalue weighted by Gasteiger charge is -2.17. The van der Waals surface area contributed by atoms with E-state index in [0.717, 1.165) is 17.8 Å². The maximum Gasteiger partial charge on any atom is 0.163 e. The zero-order chi connectivity index (χ0) is 13.0. The monoisotopic (exact) mass is 251 g/mol. The van der Waals surface area contributed by atoms with E-state index >= 15 is 0 Å². The van der Waals surface area contributed by atoms with Crippen LogP contribution in [0.2, 0.25) is 0 Å². The molecule has 0 bridgehead atoms. The van der Waals surface area contributed by atoms with Crippen LogP contribution in [-0.2, 0) is 15.9 Å². The molecule has 1 fully saturated rings. The Kier molecular flexibility index (Phi) is 4.22. The lowest BCUT2D eigenvalue weighted by molar-refractivity contribution is -0.136. The Hall–Kier alpha value is -1.10. The molecule has 1 aromatic rings. The SMILES string of the molecule is CC1(C)OC[C@H](CNc2ccc(CCO)cc2)O1. The summed E-state index contributed by atoms with van der Waals surface area (Å²) >= 11 is 0. The van der Waals surface area contributed by atoms with Crippen LogP contribution < -0.4 is 5.32 Å². The molecule has 4 nitrogen and oxygen atoms in total. The number of anilines is 1. The van der Waals surface area contributed by atoms with E-state index in [9.17, 15) is 0 Å². The first-order valence-electron chi connectivity index (χ1n) is 6.34. The van der Waals surface area contributed by atoms with Gasteiger partial charge in [-0.25, -0.2) is 0 Å². The molecule has 4 heteroatoms. The Morgan fingerprint density at radius 1 is 1.33 bits per heavy atom. The zero-order valence-electron chi connectivity index (χ0n) is 11.0. The molecule has 0 aliphatic carbocycles. The third-order valence-electron chi connectivity index (χ3n) is 2.96. The van der Waals surface area contributed by atoms with E-state index < -0.39 is 5.79 Å². The van der Waals surface area contributed by atoms with Crippen molar-refractivity contribution < 1.29 is 14.6 Å². The highest BCUT2D eigenvalue weighted by atomic mass is 16.7. The normalized spacial score (nSPS) is 22.1. The molecule has 0 radical (unpaired) electrons. The molecule has 1 saturated heterocycles. The molecule has 0 aromatic heterocycles. The number of benzene rings is 1. The Morgan fingerprint density at radius 2 is 2.06 bits per heavy atom. The molecule has 18 heavy (non-hydrogen) atoms. The molecule has 0 amide bonds. The lowest BCUT2D eigenvalue weighted by atomic mass is 10.1. The van der Waals surface area contributed by atoms with Crippen molar-refractivity contribution in [2.45, 2.75) is 32.2 Å². The number of nitrogens with one attached hydrogen (secondary N) is 1. The van der Waals surface area contributed by atoms with Crippen molar-refractivity contribution in [3.05, 3.63) is 29.8 Å². The third-order valence-corrected chi connectivity index (χ3v) is 2.96. The standard InChI is InChI=1S/C14H21NO3/c1-14(2)17-10-13(18-14)9-15-12-5-3-11(4-6-12)7-8-16/h3-6,13,15-16H,7-10H2,1-2H3/t13-/m0/s1. The van der Waals surface area contributed by atoms with Crippen molar-refractivity contribution in [1.82, 2.24) is 0 Å². The van der Waals surface area contributed by atoms with E-state index in [4.69, 9.17) is 14.6 Å². The van der Waals surface area contributed by atoms with Crippen LogP contribution in [0.3, 0.4) is 0 Å². The van der Waals surface area contributed by atoms with Gasteiger partial charge >= 0.3 is 0 Å². The van der Waals surface area contributed by atoms with Gasteiger partial charge in [0, 0.05) is 18.8 Å². The predicted octanol–water partition coefficient (Wildman–Crippen LogP) is 1.78. The molecule has 0 saturated carbocycles. The Labute approximate surface area is 108 Å². The Bertz CT molecular complexity index is 375. The van der Waals surface area contributed by atoms with Crippen molar-refractivity contribution in [2.75, 3.05) is 25.1 Å². The van der Waals surface area contributed by atoms with Gasteiger partial charge < -0.3 is 19.9 Å². The van der Waals surface area contributed by atoms with Crippen molar-refractivity contribution in [1.29, 1.82) is 0 Å². The topological polar surface area (TPSA) is 50.7 Å². The van der Waals surface area contributed by atoms with Crippen LogP contribution in [0.15, 0.2) is 24.3 Å². The van der Waals surface area contributed by atoms with E-state index in [2.05, 4.69) is 5.32 Å². The highest BCUT2D eigenvalue weighted by Crippen LogP contribution is 2.22. The fourth-order valence-electron chi connectivity index (χ4n) is 2.01. The number of hydrogen-bond acceptors (Lipinski definition) is 4. The van der Waals surface area contributed by atoms with Crippen molar-refractivity contribution in [2.24, 2.45) is 0 Å². The predicted molar refractivity (Wildman–Crippen MR) is 70.6 cm³/mol. The Balaban J connectivity index is 1.80. The fraction of sp³-hybridized carbons (Fsp3) is 0.571. The van der Waals surface area contributed by atoms with Gasteiger partial charge in [-0.3, -0.25) is 0 Å². The maximum atomic E-state index is 8.84. The molecular weight excluding hydrogens is 230 g/mol. The molecule has 1 heterocycles. The van der Waals surface area contributed by atoms with Gasteiger partial charge in [0.15, 0.2) is 5.79 Å². The second kappa shape index (κ2) is 5.69. The summed E-state index contributed by atoms with van der Waals surface area (Å²) in [6.07, 6.45) is 0.797. The summed E-state index contributed by atoms with van der Waals surface area (Å²) in [5, 5.41) is 12.2. The molecule has 0 unspecified atom stereocenters. The highest BCUT2D eigenvalue weighted by Gasteiger charge is 2.32. The van der Waals surface area contributed by atoms with Gasteiger partial charge in [-0.1, -0.05) is 12.1 Å². The first kappa shape index (κ1) is 13.3. The number of rotatable bonds is 5. The van der Waals surface area contributed by atoms with Crippen LogP contribution >= 0.6 is 0 Å². The van der Waals surface area contributed by atoms with E-state index in [0.29, 0.717) is 13.0 Å². The van der Waals surface area contributed by atoms with Crippen LogP contribution in [-0.4, -0.2) is 36.8 Å². The number of hydrogen-bond donors (Lipinski definition) is 2. The lowest BCUT2D eigenvalue weighted by Crippen LogP contribution is -2.25. The minimum atomic E-state index is -0.461. The molecular formula is C14H21NO3. The highest BCUT2D eigenvalue weighted by molar-refractivity contribution is 5.44. The molecule has 2 rings (SSSR count). The number of aliphatic hydroxyl groups excluding tert-OH is 1. The third kappa shape index (κ3) is 3.70. The Morgan fingerprint density at radius 3 is 2.61 bits per heavy atom. The van der Waals surface area contributed by atoms with Gasteiger partial charge in [-0.05, 0) is 38.0 Å². The van der Waals surface area contributed by atoms with Crippen molar-refractivity contribution in [3.63, 3.8) is 0 Å². The molecule has 1 aromatic carbocycles. The van der Waals surface area contributed by atoms with Gasteiger partial charge in [0.2, 0.25) is 0 Å². The van der Waals surface area contributed by atoms with Crippen LogP contribution in [0.1, 0.15) is 19.4 Å². The van der Waals surface area contributed by atoms with E-state index in [1.54, 1.807) is 0 Å². The summed E-state index contributed by atoms with van der Waals surface area (Å²) in [6, 6.07) is 8.08. The van der Waals surface area contributed by atoms with Crippen molar-refractivity contribution in [3.8, 4) is 0 Å². The number of ether oxygens (including phenoxy) is 2. The van der Waals surface area contributed by atoms with Gasteiger partial charge in [0.05, 0.1) is 6.61 Å². The summed E-state index contributed by atoms with van der Waals surface area (Å²) in [4.78, 5) is 0. The number of aliphatic hydroxyl groups is 1. The van der Waals surface area contributed by atoms with Gasteiger partial charge in [0.25, 0.3) is 0 Å². The van der Waals surface area contributed by atoms with E-state index in [1.807, 2.05) is 38.1 Å². The van der Waals surface area contributed by atoms with Gasteiger partial charge in [0.1, 0.15) is 6.10 Å². The van der Waals surface area contributed by atoms with E-state index in [-0.39, 0.29) is 12.7 Å². The minimum Gasteiger partial charge on any atom is -0.396 e. The van der Waals surface area contributed by atoms with Crippen LogP contribution in [0.5, 0.6) is 0 Å².